The number of hydrogen-bond acceptors (Lipinski definition) is 5. The van der Waals surface area contributed by atoms with E-state index in [0.29, 0.717) is 5.82 Å². The van der Waals surface area contributed by atoms with Crippen molar-refractivity contribution in [3.05, 3.63) is 36.5 Å². The van der Waals surface area contributed by atoms with Crippen LogP contribution in [0, 0.1) is 5.92 Å². The number of nitrogens with zero attached hydrogens (tertiary/aromatic N) is 4. The van der Waals surface area contributed by atoms with Gasteiger partial charge in [0, 0.05) is 6.20 Å². The summed E-state index contributed by atoms with van der Waals surface area (Å²) in [4.78, 5) is 31.0. The molecular weight excluding hydrogens is 274 g/mol. The predicted octanol–water partition coefficient (Wildman–Crippen LogP) is 0.501. The fourth-order valence-corrected chi connectivity index (χ4v) is 1.72. The van der Waals surface area contributed by atoms with Gasteiger partial charge < -0.3 is 10.4 Å². The van der Waals surface area contributed by atoms with Gasteiger partial charge in [0.15, 0.2) is 5.82 Å². The first-order chi connectivity index (χ1) is 9.99. The van der Waals surface area contributed by atoms with Gasteiger partial charge in [0.05, 0.1) is 5.56 Å². The standard InChI is InChI=1S/C13H15N5O3/c1-8(2)11(13(20)21)17-12(19)9-3-4-10(15-5-9)18-7-14-6-16-18/h3-8,11H,1-2H3,(H,17,19)(H,20,21)/t11-/m0/s1. The summed E-state index contributed by atoms with van der Waals surface area (Å²) in [7, 11) is 0. The molecule has 8 heteroatoms. The van der Waals surface area contributed by atoms with Crippen molar-refractivity contribution in [2.45, 2.75) is 19.9 Å². The second kappa shape index (κ2) is 6.12. The monoisotopic (exact) mass is 289 g/mol. The fraction of sp³-hybridized carbons (Fsp3) is 0.308. The average molecular weight is 289 g/mol. The summed E-state index contributed by atoms with van der Waals surface area (Å²) in [5.41, 5.74) is 0.283. The lowest BCUT2D eigenvalue weighted by atomic mass is 10.0. The molecule has 2 rings (SSSR count). The van der Waals surface area contributed by atoms with Crippen molar-refractivity contribution in [1.82, 2.24) is 25.1 Å². The fourth-order valence-electron chi connectivity index (χ4n) is 1.72. The zero-order valence-corrected chi connectivity index (χ0v) is 11.6. The molecule has 2 aromatic rings. The maximum atomic E-state index is 12.0. The lowest BCUT2D eigenvalue weighted by Crippen LogP contribution is -2.44. The summed E-state index contributed by atoms with van der Waals surface area (Å²) in [5, 5.41) is 15.5. The SMILES string of the molecule is CC(C)[C@H](NC(=O)c1ccc(-n2cncn2)nc1)C(=O)O. The van der Waals surface area contributed by atoms with Gasteiger partial charge in [-0.25, -0.2) is 19.4 Å². The van der Waals surface area contributed by atoms with Gasteiger partial charge in [-0.1, -0.05) is 13.8 Å². The van der Waals surface area contributed by atoms with Crippen LogP contribution in [0.25, 0.3) is 5.82 Å². The molecule has 2 N–H and O–H groups in total. The number of pyridine rings is 1. The molecule has 2 heterocycles. The molecule has 0 radical (unpaired) electrons. The Morgan fingerprint density at radius 2 is 2.10 bits per heavy atom. The van der Waals surface area contributed by atoms with Crippen LogP contribution in [-0.4, -0.2) is 42.8 Å². The Bertz CT molecular complexity index is 622. The Kier molecular flexibility index (Phi) is 4.27. The minimum Gasteiger partial charge on any atom is -0.480 e. The molecule has 0 aliphatic carbocycles. The second-order valence-electron chi connectivity index (χ2n) is 4.78. The van der Waals surface area contributed by atoms with Gasteiger partial charge in [-0.3, -0.25) is 4.79 Å². The minimum atomic E-state index is -1.06. The third-order valence-electron chi connectivity index (χ3n) is 2.88. The Morgan fingerprint density at radius 1 is 1.33 bits per heavy atom. The summed E-state index contributed by atoms with van der Waals surface area (Å²) in [6.07, 6.45) is 4.23. The van der Waals surface area contributed by atoms with Crippen molar-refractivity contribution in [2.75, 3.05) is 0 Å². The van der Waals surface area contributed by atoms with E-state index in [4.69, 9.17) is 5.11 Å². The minimum absolute atomic E-state index is 0.214. The first kappa shape index (κ1) is 14.6. The number of carboxylic acids is 1. The molecule has 110 valence electrons. The molecular formula is C13H15N5O3. The summed E-state index contributed by atoms with van der Waals surface area (Å²) >= 11 is 0. The molecule has 0 unspecified atom stereocenters. The van der Waals surface area contributed by atoms with Crippen LogP contribution in [0.4, 0.5) is 0 Å². The first-order valence-electron chi connectivity index (χ1n) is 6.33. The third kappa shape index (κ3) is 3.41. The Balaban J connectivity index is 2.11. The number of carbonyl (C=O) groups is 2. The summed E-state index contributed by atoms with van der Waals surface area (Å²) in [6.45, 7) is 3.45. The average Bonchev–Trinajstić information content (AvgIpc) is 2.98. The van der Waals surface area contributed by atoms with E-state index in [2.05, 4.69) is 20.4 Å². The second-order valence-corrected chi connectivity index (χ2v) is 4.78. The highest BCUT2D eigenvalue weighted by molar-refractivity contribution is 5.96. The van der Waals surface area contributed by atoms with Gasteiger partial charge in [0.2, 0.25) is 0 Å². The van der Waals surface area contributed by atoms with E-state index in [0.717, 1.165) is 0 Å². The van der Waals surface area contributed by atoms with Crippen LogP contribution in [-0.2, 0) is 4.79 Å². The van der Waals surface area contributed by atoms with Gasteiger partial charge in [0.25, 0.3) is 5.91 Å². The highest BCUT2D eigenvalue weighted by atomic mass is 16.4. The van der Waals surface area contributed by atoms with Crippen molar-refractivity contribution >= 4 is 11.9 Å². The Labute approximate surface area is 120 Å². The van der Waals surface area contributed by atoms with Crippen molar-refractivity contribution in [2.24, 2.45) is 5.92 Å². The smallest absolute Gasteiger partial charge is 0.326 e. The van der Waals surface area contributed by atoms with Gasteiger partial charge in [-0.2, -0.15) is 5.10 Å². The van der Waals surface area contributed by atoms with Crippen LogP contribution >= 0.6 is 0 Å². The van der Waals surface area contributed by atoms with E-state index < -0.39 is 17.9 Å². The molecule has 0 aliphatic heterocycles. The quantitative estimate of drug-likeness (QED) is 0.829. The van der Waals surface area contributed by atoms with Crippen molar-refractivity contribution < 1.29 is 14.7 Å². The molecule has 1 atom stereocenters. The molecule has 0 aromatic carbocycles. The van der Waals surface area contributed by atoms with Gasteiger partial charge >= 0.3 is 5.97 Å². The molecule has 0 saturated heterocycles. The molecule has 0 aliphatic rings. The molecule has 21 heavy (non-hydrogen) atoms. The molecule has 1 amide bonds. The molecule has 0 fully saturated rings. The summed E-state index contributed by atoms with van der Waals surface area (Å²) in [6, 6.07) is 2.22. The summed E-state index contributed by atoms with van der Waals surface area (Å²) < 4.78 is 1.45. The van der Waals surface area contributed by atoms with Crippen molar-refractivity contribution in [3.8, 4) is 5.82 Å². The summed E-state index contributed by atoms with van der Waals surface area (Å²) in [5.74, 6) is -1.24. The van der Waals surface area contributed by atoms with Crippen LogP contribution in [0.1, 0.15) is 24.2 Å². The zero-order chi connectivity index (χ0) is 15.4. The van der Waals surface area contributed by atoms with E-state index in [1.54, 1.807) is 26.0 Å². The van der Waals surface area contributed by atoms with E-state index in [1.807, 2.05) is 0 Å². The van der Waals surface area contributed by atoms with Crippen LogP contribution in [0.5, 0.6) is 0 Å². The van der Waals surface area contributed by atoms with Gasteiger partial charge in [0.1, 0.15) is 18.7 Å². The van der Waals surface area contributed by atoms with E-state index >= 15 is 0 Å². The molecule has 0 spiro atoms. The lowest BCUT2D eigenvalue weighted by molar-refractivity contribution is -0.140. The first-order valence-corrected chi connectivity index (χ1v) is 6.33. The normalized spacial score (nSPS) is 12.1. The molecule has 0 saturated carbocycles. The number of carbonyl (C=O) groups excluding carboxylic acids is 1. The lowest BCUT2D eigenvalue weighted by Gasteiger charge is -2.17. The zero-order valence-electron chi connectivity index (χ0n) is 11.6. The largest absolute Gasteiger partial charge is 0.480 e. The number of carboxylic acid groups (broad SMARTS) is 1. The number of nitrogens with one attached hydrogen (secondary N) is 1. The number of aliphatic carboxylic acids is 1. The Morgan fingerprint density at radius 3 is 2.57 bits per heavy atom. The van der Waals surface area contributed by atoms with Crippen molar-refractivity contribution in [3.63, 3.8) is 0 Å². The van der Waals surface area contributed by atoms with E-state index in [1.165, 1.54) is 23.5 Å². The number of amides is 1. The number of rotatable bonds is 5. The molecule has 8 nitrogen and oxygen atoms in total. The maximum Gasteiger partial charge on any atom is 0.326 e. The van der Waals surface area contributed by atoms with Crippen LogP contribution in [0.2, 0.25) is 0 Å². The highest BCUT2D eigenvalue weighted by Crippen LogP contribution is 2.07. The van der Waals surface area contributed by atoms with Gasteiger partial charge in [-0.05, 0) is 18.1 Å². The van der Waals surface area contributed by atoms with Crippen LogP contribution in [0.15, 0.2) is 31.0 Å². The maximum absolute atomic E-state index is 12.0. The number of aromatic nitrogens is 4. The van der Waals surface area contributed by atoms with Gasteiger partial charge in [-0.15, -0.1) is 0 Å². The van der Waals surface area contributed by atoms with Crippen LogP contribution < -0.4 is 5.32 Å². The van der Waals surface area contributed by atoms with E-state index in [9.17, 15) is 9.59 Å². The predicted molar refractivity (Wildman–Crippen MR) is 72.9 cm³/mol. The topological polar surface area (TPSA) is 110 Å². The van der Waals surface area contributed by atoms with Crippen LogP contribution in [0.3, 0.4) is 0 Å². The number of hydrogen-bond donors (Lipinski definition) is 2. The van der Waals surface area contributed by atoms with Crippen molar-refractivity contribution in [1.29, 1.82) is 0 Å². The Hall–Kier alpha value is -2.77. The third-order valence-corrected chi connectivity index (χ3v) is 2.88. The molecule has 0 bridgehead atoms. The highest BCUT2D eigenvalue weighted by Gasteiger charge is 2.24. The molecule has 2 aromatic heterocycles. The van der Waals surface area contributed by atoms with E-state index in [-0.39, 0.29) is 11.5 Å².